The maximum Gasteiger partial charge on any atom is 0.257 e. The number of rotatable bonds is 1. The molecular formula is C13H10N2O. The summed E-state index contributed by atoms with van der Waals surface area (Å²) in [7, 11) is 0. The molecule has 16 heavy (non-hydrogen) atoms. The van der Waals surface area contributed by atoms with E-state index in [1.54, 1.807) is 0 Å². The lowest BCUT2D eigenvalue weighted by Gasteiger charge is -1.98. The fourth-order valence-corrected chi connectivity index (χ4v) is 1.74. The molecule has 3 rings (SSSR count). The van der Waals surface area contributed by atoms with Crippen molar-refractivity contribution in [2.75, 3.05) is 0 Å². The van der Waals surface area contributed by atoms with Crippen LogP contribution in [0.2, 0.25) is 0 Å². The molecule has 0 radical (unpaired) electrons. The largest absolute Gasteiger partial charge is 0.334 e. The van der Waals surface area contributed by atoms with Crippen LogP contribution in [-0.4, -0.2) is 10.1 Å². The highest BCUT2D eigenvalue weighted by Gasteiger charge is 2.06. The lowest BCUT2D eigenvalue weighted by Crippen LogP contribution is -1.79. The van der Waals surface area contributed by atoms with Crippen LogP contribution in [0.5, 0.6) is 0 Å². The normalized spacial score (nSPS) is 10.8. The van der Waals surface area contributed by atoms with E-state index in [4.69, 9.17) is 4.52 Å². The minimum Gasteiger partial charge on any atom is -0.334 e. The summed E-state index contributed by atoms with van der Waals surface area (Å²) in [5.74, 6) is 1.23. The first kappa shape index (κ1) is 9.09. The fraction of sp³-hybridized carbons (Fsp3) is 0.0769. The van der Waals surface area contributed by atoms with Gasteiger partial charge in [-0.1, -0.05) is 35.5 Å². The van der Waals surface area contributed by atoms with Gasteiger partial charge in [-0.2, -0.15) is 4.98 Å². The molecule has 2 aromatic carbocycles. The topological polar surface area (TPSA) is 38.9 Å². The molecule has 1 heterocycles. The first-order valence-electron chi connectivity index (χ1n) is 5.12. The van der Waals surface area contributed by atoms with E-state index in [1.807, 2.05) is 25.1 Å². The molecule has 0 saturated heterocycles. The third-order valence-corrected chi connectivity index (χ3v) is 2.52. The van der Waals surface area contributed by atoms with Crippen molar-refractivity contribution in [2.45, 2.75) is 6.92 Å². The van der Waals surface area contributed by atoms with Gasteiger partial charge >= 0.3 is 0 Å². The Morgan fingerprint density at radius 2 is 1.81 bits per heavy atom. The molecule has 0 spiro atoms. The van der Waals surface area contributed by atoms with Crippen molar-refractivity contribution in [1.82, 2.24) is 10.1 Å². The molecule has 0 amide bonds. The molecule has 0 bridgehead atoms. The van der Waals surface area contributed by atoms with Crippen molar-refractivity contribution in [1.29, 1.82) is 0 Å². The summed E-state index contributed by atoms with van der Waals surface area (Å²) in [6, 6.07) is 14.3. The van der Waals surface area contributed by atoms with E-state index in [0.717, 1.165) is 5.56 Å². The lowest BCUT2D eigenvalue weighted by atomic mass is 10.1. The predicted octanol–water partition coefficient (Wildman–Crippen LogP) is 3.20. The van der Waals surface area contributed by atoms with Gasteiger partial charge in [0.25, 0.3) is 5.89 Å². The monoisotopic (exact) mass is 210 g/mol. The maximum absolute atomic E-state index is 5.14. The molecule has 0 aliphatic carbocycles. The maximum atomic E-state index is 5.14. The molecule has 1 aromatic heterocycles. The third kappa shape index (κ3) is 1.46. The standard InChI is InChI=1S/C13H10N2O/c1-9-14-13(16-15-9)12-7-6-10-4-2-3-5-11(10)8-12/h2-8H,1H3. The quantitative estimate of drug-likeness (QED) is 0.619. The molecule has 0 fully saturated rings. The number of aryl methyl sites for hydroxylation is 1. The minimum atomic E-state index is 0.572. The van der Waals surface area contributed by atoms with E-state index in [2.05, 4.69) is 34.4 Å². The van der Waals surface area contributed by atoms with Crippen LogP contribution in [0.25, 0.3) is 22.2 Å². The van der Waals surface area contributed by atoms with Crippen LogP contribution < -0.4 is 0 Å². The van der Waals surface area contributed by atoms with Gasteiger partial charge in [0, 0.05) is 5.56 Å². The van der Waals surface area contributed by atoms with Crippen LogP contribution in [0.15, 0.2) is 47.0 Å². The number of hydrogen-bond donors (Lipinski definition) is 0. The lowest BCUT2D eigenvalue weighted by molar-refractivity contribution is 0.425. The van der Waals surface area contributed by atoms with Gasteiger partial charge in [-0.05, 0) is 29.8 Å². The van der Waals surface area contributed by atoms with Gasteiger partial charge in [0.15, 0.2) is 5.82 Å². The molecule has 3 aromatic rings. The number of fused-ring (bicyclic) bond motifs is 1. The predicted molar refractivity (Wildman–Crippen MR) is 62.0 cm³/mol. The van der Waals surface area contributed by atoms with Gasteiger partial charge in [-0.25, -0.2) is 0 Å². The molecule has 0 unspecified atom stereocenters. The van der Waals surface area contributed by atoms with Crippen molar-refractivity contribution in [3.05, 3.63) is 48.3 Å². The van der Waals surface area contributed by atoms with Crippen LogP contribution in [-0.2, 0) is 0 Å². The summed E-state index contributed by atoms with van der Waals surface area (Å²) in [6.07, 6.45) is 0. The molecule has 0 saturated carbocycles. The zero-order valence-electron chi connectivity index (χ0n) is 8.84. The molecule has 0 aliphatic heterocycles. The zero-order valence-corrected chi connectivity index (χ0v) is 8.84. The smallest absolute Gasteiger partial charge is 0.257 e. The number of benzene rings is 2. The number of nitrogens with zero attached hydrogens (tertiary/aromatic N) is 2. The van der Waals surface area contributed by atoms with Gasteiger partial charge < -0.3 is 4.52 Å². The third-order valence-electron chi connectivity index (χ3n) is 2.52. The Kier molecular flexibility index (Phi) is 1.96. The van der Waals surface area contributed by atoms with Crippen LogP contribution in [0.3, 0.4) is 0 Å². The SMILES string of the molecule is Cc1noc(-c2ccc3ccccc3c2)n1. The summed E-state index contributed by atoms with van der Waals surface area (Å²) < 4.78 is 5.14. The molecule has 0 atom stereocenters. The second-order valence-corrected chi connectivity index (χ2v) is 3.71. The van der Waals surface area contributed by atoms with Crippen LogP contribution in [0, 0.1) is 6.92 Å². The van der Waals surface area contributed by atoms with E-state index in [9.17, 15) is 0 Å². The summed E-state index contributed by atoms with van der Waals surface area (Å²) in [6.45, 7) is 1.81. The highest BCUT2D eigenvalue weighted by atomic mass is 16.5. The van der Waals surface area contributed by atoms with Gasteiger partial charge in [0.05, 0.1) is 0 Å². The Morgan fingerprint density at radius 1 is 1.00 bits per heavy atom. The first-order valence-corrected chi connectivity index (χ1v) is 5.12. The molecule has 0 aliphatic rings. The van der Waals surface area contributed by atoms with E-state index >= 15 is 0 Å². The molecular weight excluding hydrogens is 200 g/mol. The Morgan fingerprint density at radius 3 is 2.56 bits per heavy atom. The zero-order chi connectivity index (χ0) is 11.0. The van der Waals surface area contributed by atoms with Crippen molar-refractivity contribution in [2.24, 2.45) is 0 Å². The summed E-state index contributed by atoms with van der Waals surface area (Å²) in [5, 5.41) is 6.17. The Bertz CT molecular complexity index is 643. The highest BCUT2D eigenvalue weighted by molar-refractivity contribution is 5.86. The van der Waals surface area contributed by atoms with Crippen molar-refractivity contribution in [3.8, 4) is 11.5 Å². The van der Waals surface area contributed by atoms with Crippen LogP contribution in [0.4, 0.5) is 0 Å². The van der Waals surface area contributed by atoms with Crippen molar-refractivity contribution >= 4 is 10.8 Å². The van der Waals surface area contributed by atoms with Crippen LogP contribution in [0.1, 0.15) is 5.82 Å². The average molecular weight is 210 g/mol. The highest BCUT2D eigenvalue weighted by Crippen LogP contribution is 2.22. The summed E-state index contributed by atoms with van der Waals surface area (Å²) >= 11 is 0. The van der Waals surface area contributed by atoms with Gasteiger partial charge in [-0.15, -0.1) is 0 Å². The molecule has 0 N–H and O–H groups in total. The minimum absolute atomic E-state index is 0.572. The van der Waals surface area contributed by atoms with Gasteiger partial charge in [0.1, 0.15) is 0 Å². The van der Waals surface area contributed by atoms with Crippen molar-refractivity contribution < 1.29 is 4.52 Å². The second kappa shape index (κ2) is 3.45. The molecule has 3 nitrogen and oxygen atoms in total. The van der Waals surface area contributed by atoms with E-state index < -0.39 is 0 Å². The molecule has 78 valence electrons. The van der Waals surface area contributed by atoms with Crippen LogP contribution >= 0.6 is 0 Å². The Hall–Kier alpha value is -2.16. The van der Waals surface area contributed by atoms with Gasteiger partial charge in [-0.3, -0.25) is 0 Å². The van der Waals surface area contributed by atoms with Gasteiger partial charge in [0.2, 0.25) is 0 Å². The summed E-state index contributed by atoms with van der Waals surface area (Å²) in [4.78, 5) is 4.21. The van der Waals surface area contributed by atoms with Crippen molar-refractivity contribution in [3.63, 3.8) is 0 Å². The second-order valence-electron chi connectivity index (χ2n) is 3.71. The Balaban J connectivity index is 2.18. The summed E-state index contributed by atoms with van der Waals surface area (Å²) in [5.41, 5.74) is 0.958. The fourth-order valence-electron chi connectivity index (χ4n) is 1.74. The first-order chi connectivity index (χ1) is 7.83. The van der Waals surface area contributed by atoms with E-state index in [-0.39, 0.29) is 0 Å². The average Bonchev–Trinajstić information content (AvgIpc) is 2.75. The number of aromatic nitrogens is 2. The number of hydrogen-bond acceptors (Lipinski definition) is 3. The molecule has 3 heteroatoms. The van der Waals surface area contributed by atoms with E-state index in [1.165, 1.54) is 10.8 Å². The van der Waals surface area contributed by atoms with E-state index in [0.29, 0.717) is 11.7 Å². The Labute approximate surface area is 92.7 Å².